The average molecular weight is 449 g/mol. The van der Waals surface area contributed by atoms with Crippen LogP contribution < -0.4 is 23.8 Å². The molecule has 1 aliphatic rings. The maximum absolute atomic E-state index is 12.7. The molecule has 9 heteroatoms. The van der Waals surface area contributed by atoms with Crippen molar-refractivity contribution >= 4 is 21.6 Å². The van der Waals surface area contributed by atoms with E-state index in [0.29, 0.717) is 30.4 Å². The number of fused-ring (bicyclic) bond motifs is 1. The van der Waals surface area contributed by atoms with Gasteiger partial charge in [0.25, 0.3) is 0 Å². The van der Waals surface area contributed by atoms with Gasteiger partial charge in [-0.2, -0.15) is 0 Å². The number of hydrogen-bond acceptors (Lipinski definition) is 6. The number of rotatable bonds is 8. The maximum Gasteiger partial charge on any atom is 0.243 e. The summed E-state index contributed by atoms with van der Waals surface area (Å²) in [6, 6.07) is 9.75. The lowest BCUT2D eigenvalue weighted by Gasteiger charge is -2.29. The highest BCUT2D eigenvalue weighted by Crippen LogP contribution is 2.35. The van der Waals surface area contributed by atoms with Crippen LogP contribution in [0.2, 0.25) is 0 Å². The van der Waals surface area contributed by atoms with E-state index >= 15 is 0 Å². The molecule has 0 fully saturated rings. The van der Waals surface area contributed by atoms with Gasteiger partial charge in [0, 0.05) is 6.07 Å². The molecular weight excluding hydrogens is 420 g/mol. The molecule has 0 radical (unpaired) electrons. The monoisotopic (exact) mass is 448 g/mol. The number of carbonyl (C=O) groups is 1. The molecule has 8 nitrogen and oxygen atoms in total. The van der Waals surface area contributed by atoms with Crippen molar-refractivity contribution in [2.24, 2.45) is 0 Å². The highest BCUT2D eigenvalue weighted by atomic mass is 32.2. The molecular formula is C22H28N2O6S. The Hall–Kier alpha value is -2.94. The van der Waals surface area contributed by atoms with E-state index in [1.807, 2.05) is 32.0 Å². The van der Waals surface area contributed by atoms with Gasteiger partial charge in [-0.1, -0.05) is 6.07 Å². The Morgan fingerprint density at radius 2 is 1.74 bits per heavy atom. The van der Waals surface area contributed by atoms with E-state index in [-0.39, 0.29) is 13.2 Å². The van der Waals surface area contributed by atoms with E-state index in [1.54, 1.807) is 18.2 Å². The summed E-state index contributed by atoms with van der Waals surface area (Å²) >= 11 is 0. The van der Waals surface area contributed by atoms with Gasteiger partial charge < -0.3 is 19.5 Å². The maximum atomic E-state index is 12.7. The Morgan fingerprint density at radius 3 is 2.39 bits per heavy atom. The van der Waals surface area contributed by atoms with Gasteiger partial charge in [-0.3, -0.25) is 9.10 Å². The third kappa shape index (κ3) is 5.81. The van der Waals surface area contributed by atoms with Crippen LogP contribution >= 0.6 is 0 Å². The molecule has 1 N–H and O–H groups in total. The number of benzene rings is 2. The van der Waals surface area contributed by atoms with Crippen molar-refractivity contribution in [3.05, 3.63) is 47.5 Å². The van der Waals surface area contributed by atoms with Crippen molar-refractivity contribution < 1.29 is 27.4 Å². The Balaban J connectivity index is 1.64. The largest absolute Gasteiger partial charge is 0.492 e. The van der Waals surface area contributed by atoms with Crippen LogP contribution in [0.5, 0.6) is 17.2 Å². The first-order valence-corrected chi connectivity index (χ1v) is 11.9. The standard InChI is InChI=1S/C22H28N2O6S/c1-15-11-16(2)13-19(12-15)28-8-7-23-22(25)17(3)24(31(4,26)27)18-5-6-20-21(14-18)30-10-9-29-20/h5-6,11-14,17H,7-10H2,1-4H3,(H,23,25). The quantitative estimate of drug-likeness (QED) is 0.624. The zero-order valence-electron chi connectivity index (χ0n) is 18.2. The number of carbonyl (C=O) groups excluding carboxylic acids is 1. The van der Waals surface area contributed by atoms with Crippen molar-refractivity contribution in [1.29, 1.82) is 0 Å². The van der Waals surface area contributed by atoms with E-state index in [4.69, 9.17) is 14.2 Å². The first-order valence-electron chi connectivity index (χ1n) is 10.0. The van der Waals surface area contributed by atoms with Gasteiger partial charge in [0.05, 0.1) is 18.5 Å². The van der Waals surface area contributed by atoms with E-state index in [0.717, 1.165) is 27.4 Å². The number of nitrogens with zero attached hydrogens (tertiary/aromatic N) is 1. The summed E-state index contributed by atoms with van der Waals surface area (Å²) in [6.07, 6.45) is 1.07. The zero-order valence-corrected chi connectivity index (χ0v) is 19.0. The predicted molar refractivity (Wildman–Crippen MR) is 119 cm³/mol. The Kier molecular flexibility index (Phi) is 6.94. The molecule has 0 saturated heterocycles. The van der Waals surface area contributed by atoms with Gasteiger partial charge in [-0.15, -0.1) is 0 Å². The SMILES string of the molecule is Cc1cc(C)cc(OCCNC(=O)C(C)N(c2ccc3c(c2)OCCO3)S(C)(=O)=O)c1. The summed E-state index contributed by atoms with van der Waals surface area (Å²) < 4.78 is 42.7. The van der Waals surface area contributed by atoms with Crippen LogP contribution in [0.15, 0.2) is 36.4 Å². The smallest absolute Gasteiger partial charge is 0.243 e. The summed E-state index contributed by atoms with van der Waals surface area (Å²) in [7, 11) is -3.73. The molecule has 0 spiro atoms. The normalized spacial score (nSPS) is 13.9. The molecule has 168 valence electrons. The van der Waals surface area contributed by atoms with Crippen molar-refractivity contribution in [2.75, 3.05) is 36.9 Å². The van der Waals surface area contributed by atoms with Crippen LogP contribution in [0.3, 0.4) is 0 Å². The lowest BCUT2D eigenvalue weighted by Crippen LogP contribution is -2.48. The number of ether oxygens (including phenoxy) is 3. The fourth-order valence-corrected chi connectivity index (χ4v) is 4.65. The number of hydrogen-bond donors (Lipinski definition) is 1. The molecule has 0 aliphatic carbocycles. The molecule has 0 saturated carbocycles. The van der Waals surface area contributed by atoms with Crippen molar-refractivity contribution in [3.8, 4) is 17.2 Å². The topological polar surface area (TPSA) is 94.2 Å². The fraction of sp³-hybridized carbons (Fsp3) is 0.409. The molecule has 1 heterocycles. The van der Waals surface area contributed by atoms with Gasteiger partial charge in [0.15, 0.2) is 11.5 Å². The van der Waals surface area contributed by atoms with Crippen molar-refractivity contribution in [2.45, 2.75) is 26.8 Å². The van der Waals surface area contributed by atoms with Gasteiger partial charge in [0.2, 0.25) is 15.9 Å². The van der Waals surface area contributed by atoms with Gasteiger partial charge in [-0.25, -0.2) is 8.42 Å². The summed E-state index contributed by atoms with van der Waals surface area (Å²) in [5, 5.41) is 2.74. The molecule has 1 unspecified atom stereocenters. The minimum absolute atomic E-state index is 0.245. The molecule has 1 atom stereocenters. The molecule has 2 aromatic rings. The number of nitrogens with one attached hydrogen (secondary N) is 1. The average Bonchev–Trinajstić information content (AvgIpc) is 2.69. The summed E-state index contributed by atoms with van der Waals surface area (Å²) in [6.45, 7) is 6.84. The number of anilines is 1. The predicted octanol–water partition coefficient (Wildman–Crippen LogP) is 2.42. The molecule has 1 amide bonds. The summed E-state index contributed by atoms with van der Waals surface area (Å²) in [5.74, 6) is 1.30. The zero-order chi connectivity index (χ0) is 22.6. The molecule has 0 aromatic heterocycles. The van der Waals surface area contributed by atoms with Crippen LogP contribution in [0.1, 0.15) is 18.1 Å². The van der Waals surface area contributed by atoms with E-state index < -0.39 is 22.0 Å². The third-order valence-electron chi connectivity index (χ3n) is 4.73. The van der Waals surface area contributed by atoms with Crippen LogP contribution in [0.25, 0.3) is 0 Å². The molecule has 31 heavy (non-hydrogen) atoms. The lowest BCUT2D eigenvalue weighted by molar-refractivity contribution is -0.121. The molecule has 0 bridgehead atoms. The van der Waals surface area contributed by atoms with Crippen molar-refractivity contribution in [3.63, 3.8) is 0 Å². The van der Waals surface area contributed by atoms with Crippen LogP contribution in [-0.2, 0) is 14.8 Å². The van der Waals surface area contributed by atoms with E-state index in [2.05, 4.69) is 5.32 Å². The van der Waals surface area contributed by atoms with Gasteiger partial charge in [-0.05, 0) is 56.2 Å². The van der Waals surface area contributed by atoms with Gasteiger partial charge in [0.1, 0.15) is 31.6 Å². The van der Waals surface area contributed by atoms with Crippen LogP contribution in [0, 0.1) is 13.8 Å². The first kappa shape index (κ1) is 22.7. The number of aryl methyl sites for hydroxylation is 2. The first-order chi connectivity index (χ1) is 14.6. The second kappa shape index (κ2) is 9.47. The number of sulfonamides is 1. The van der Waals surface area contributed by atoms with Crippen molar-refractivity contribution in [1.82, 2.24) is 5.32 Å². The van der Waals surface area contributed by atoms with Gasteiger partial charge >= 0.3 is 0 Å². The summed E-state index contributed by atoms with van der Waals surface area (Å²) in [5.41, 5.74) is 2.52. The second-order valence-electron chi connectivity index (χ2n) is 7.53. The Morgan fingerprint density at radius 1 is 1.10 bits per heavy atom. The highest BCUT2D eigenvalue weighted by Gasteiger charge is 2.30. The van der Waals surface area contributed by atoms with Crippen LogP contribution in [-0.4, -0.2) is 53.0 Å². The molecule has 2 aromatic carbocycles. The van der Waals surface area contributed by atoms with E-state index in [1.165, 1.54) is 6.92 Å². The number of amides is 1. The van der Waals surface area contributed by atoms with Crippen LogP contribution in [0.4, 0.5) is 5.69 Å². The highest BCUT2D eigenvalue weighted by molar-refractivity contribution is 7.92. The third-order valence-corrected chi connectivity index (χ3v) is 5.98. The fourth-order valence-electron chi connectivity index (χ4n) is 3.48. The molecule has 3 rings (SSSR count). The Bertz CT molecular complexity index is 1030. The summed E-state index contributed by atoms with van der Waals surface area (Å²) in [4.78, 5) is 12.7. The second-order valence-corrected chi connectivity index (χ2v) is 9.39. The molecule has 1 aliphatic heterocycles. The van der Waals surface area contributed by atoms with E-state index in [9.17, 15) is 13.2 Å². The lowest BCUT2D eigenvalue weighted by atomic mass is 10.1. The minimum atomic E-state index is -3.73. The Labute approximate surface area is 183 Å². The minimum Gasteiger partial charge on any atom is -0.492 e.